The maximum absolute atomic E-state index is 12.3. The highest BCUT2D eigenvalue weighted by Gasteiger charge is 2.24. The number of hydrogen-bond donors (Lipinski definition) is 1. The zero-order chi connectivity index (χ0) is 16.5. The van der Waals surface area contributed by atoms with Gasteiger partial charge in [-0.15, -0.1) is 0 Å². The Hall–Kier alpha value is -2.83. The van der Waals surface area contributed by atoms with Gasteiger partial charge in [-0.1, -0.05) is 0 Å². The van der Waals surface area contributed by atoms with E-state index in [1.807, 2.05) is 19.2 Å². The summed E-state index contributed by atoms with van der Waals surface area (Å²) in [5, 5.41) is 4.09. The zero-order valence-corrected chi connectivity index (χ0v) is 13.5. The molecule has 3 aromatic heterocycles. The third-order valence-electron chi connectivity index (χ3n) is 4.35. The highest BCUT2D eigenvalue weighted by Crippen LogP contribution is 2.27. The quantitative estimate of drug-likeness (QED) is 0.796. The van der Waals surface area contributed by atoms with Crippen LogP contribution in [0.3, 0.4) is 0 Å². The van der Waals surface area contributed by atoms with Gasteiger partial charge in [0, 0.05) is 38.6 Å². The molecule has 1 fully saturated rings. The molecule has 1 amide bonds. The molecule has 0 radical (unpaired) electrons. The molecule has 3 aromatic rings. The molecule has 0 spiro atoms. The number of furan rings is 1. The van der Waals surface area contributed by atoms with Crippen LogP contribution in [0.2, 0.25) is 0 Å². The molecular formula is C17H19N5O2. The second kappa shape index (κ2) is 5.99. The number of hydrogen-bond acceptors (Lipinski definition) is 5. The summed E-state index contributed by atoms with van der Waals surface area (Å²) in [6.45, 7) is 1.66. The summed E-state index contributed by atoms with van der Waals surface area (Å²) in [5.74, 6) is 0.787. The van der Waals surface area contributed by atoms with Gasteiger partial charge >= 0.3 is 0 Å². The molecule has 1 atom stereocenters. The zero-order valence-electron chi connectivity index (χ0n) is 13.5. The number of rotatable bonds is 3. The number of nitrogens with one attached hydrogen (secondary N) is 1. The Morgan fingerprint density at radius 1 is 1.38 bits per heavy atom. The number of carbonyl (C=O) groups is 1. The van der Waals surface area contributed by atoms with E-state index in [0.717, 1.165) is 42.7 Å². The van der Waals surface area contributed by atoms with Gasteiger partial charge in [0.25, 0.3) is 5.91 Å². The van der Waals surface area contributed by atoms with Gasteiger partial charge in [-0.05, 0) is 25.0 Å². The van der Waals surface area contributed by atoms with Crippen molar-refractivity contribution in [1.29, 1.82) is 0 Å². The fourth-order valence-electron chi connectivity index (χ4n) is 3.21. The first kappa shape index (κ1) is 14.7. The first-order valence-electron chi connectivity index (χ1n) is 8.07. The normalized spacial score (nSPS) is 18.0. The summed E-state index contributed by atoms with van der Waals surface area (Å²) < 4.78 is 7.22. The third kappa shape index (κ3) is 2.73. The number of aromatic nitrogens is 3. The number of aryl methyl sites for hydroxylation is 1. The van der Waals surface area contributed by atoms with Gasteiger partial charge < -0.3 is 19.2 Å². The van der Waals surface area contributed by atoms with E-state index in [1.165, 1.54) is 0 Å². The van der Waals surface area contributed by atoms with Crippen molar-refractivity contribution in [3.63, 3.8) is 0 Å². The lowest BCUT2D eigenvalue weighted by atomic mass is 10.0. The largest absolute Gasteiger partial charge is 0.464 e. The minimum atomic E-state index is -0.128. The third-order valence-corrected chi connectivity index (χ3v) is 4.35. The average molecular weight is 325 g/mol. The van der Waals surface area contributed by atoms with Crippen molar-refractivity contribution in [2.24, 2.45) is 7.05 Å². The smallest absolute Gasteiger partial charge is 0.271 e. The fourth-order valence-corrected chi connectivity index (χ4v) is 3.21. The highest BCUT2D eigenvalue weighted by atomic mass is 16.3. The lowest BCUT2D eigenvalue weighted by molar-refractivity contribution is 0.0928. The summed E-state index contributed by atoms with van der Waals surface area (Å²) in [4.78, 5) is 23.1. The van der Waals surface area contributed by atoms with Crippen LogP contribution in [0.4, 0.5) is 5.82 Å². The van der Waals surface area contributed by atoms with E-state index in [9.17, 15) is 4.79 Å². The second-order valence-electron chi connectivity index (χ2n) is 6.15. The van der Waals surface area contributed by atoms with Gasteiger partial charge in [0.2, 0.25) is 0 Å². The molecule has 124 valence electrons. The molecule has 1 aliphatic rings. The molecule has 4 rings (SSSR count). The van der Waals surface area contributed by atoms with Crippen molar-refractivity contribution in [3.05, 3.63) is 42.8 Å². The van der Waals surface area contributed by atoms with E-state index in [0.29, 0.717) is 5.69 Å². The van der Waals surface area contributed by atoms with Crippen LogP contribution < -0.4 is 10.2 Å². The maximum atomic E-state index is 12.3. The number of piperidine rings is 1. The van der Waals surface area contributed by atoms with Crippen LogP contribution in [0.15, 0.2) is 41.5 Å². The molecule has 1 saturated heterocycles. The Kier molecular flexibility index (Phi) is 3.68. The lowest BCUT2D eigenvalue weighted by Crippen LogP contribution is -2.48. The van der Waals surface area contributed by atoms with Crippen LogP contribution >= 0.6 is 0 Å². The van der Waals surface area contributed by atoms with Crippen molar-refractivity contribution in [3.8, 4) is 0 Å². The molecule has 1 N–H and O–H groups in total. The van der Waals surface area contributed by atoms with Crippen LogP contribution in [0.5, 0.6) is 0 Å². The van der Waals surface area contributed by atoms with E-state index < -0.39 is 0 Å². The summed E-state index contributed by atoms with van der Waals surface area (Å²) >= 11 is 0. The molecule has 0 aromatic carbocycles. The van der Waals surface area contributed by atoms with Crippen molar-refractivity contribution in [2.45, 2.75) is 18.9 Å². The Morgan fingerprint density at radius 3 is 3.12 bits per heavy atom. The maximum Gasteiger partial charge on any atom is 0.271 e. The van der Waals surface area contributed by atoms with Crippen LogP contribution in [0, 0.1) is 0 Å². The lowest BCUT2D eigenvalue weighted by Gasteiger charge is -2.34. The predicted molar refractivity (Wildman–Crippen MR) is 89.9 cm³/mol. The molecule has 7 nitrogen and oxygen atoms in total. The molecule has 1 unspecified atom stereocenters. The topological polar surface area (TPSA) is 76.2 Å². The minimum absolute atomic E-state index is 0.0808. The first-order chi connectivity index (χ1) is 11.7. The summed E-state index contributed by atoms with van der Waals surface area (Å²) in [7, 11) is 1.85. The molecule has 0 aliphatic carbocycles. The van der Waals surface area contributed by atoms with Gasteiger partial charge in [-0.25, -0.2) is 9.97 Å². The molecule has 0 saturated carbocycles. The molecular weight excluding hydrogens is 306 g/mol. The molecule has 1 aliphatic heterocycles. The van der Waals surface area contributed by atoms with Crippen molar-refractivity contribution >= 4 is 22.7 Å². The summed E-state index contributed by atoms with van der Waals surface area (Å²) in [5.41, 5.74) is 1.28. The first-order valence-corrected chi connectivity index (χ1v) is 8.07. The number of fused-ring (bicyclic) bond motifs is 1. The van der Waals surface area contributed by atoms with Gasteiger partial charge in [-0.2, -0.15) is 0 Å². The van der Waals surface area contributed by atoms with Crippen molar-refractivity contribution in [1.82, 2.24) is 19.9 Å². The standard InChI is InChI=1S/C17H19N5O2/c1-21-10-14(19-11-21)17(23)20-12-3-2-7-22(9-12)16-13-5-8-24-15(13)4-6-18-16/h4-6,8,10-12H,2-3,7,9H2,1H3,(H,20,23). The predicted octanol–water partition coefficient (Wildman–Crippen LogP) is 1.96. The van der Waals surface area contributed by atoms with Gasteiger partial charge in [0.1, 0.15) is 17.1 Å². The summed E-state index contributed by atoms with van der Waals surface area (Å²) in [6, 6.07) is 3.88. The average Bonchev–Trinajstić information content (AvgIpc) is 3.23. The molecule has 4 heterocycles. The fraction of sp³-hybridized carbons (Fsp3) is 0.353. The van der Waals surface area contributed by atoms with E-state index in [4.69, 9.17) is 4.42 Å². The monoisotopic (exact) mass is 325 g/mol. The van der Waals surface area contributed by atoms with Crippen molar-refractivity contribution < 1.29 is 9.21 Å². The Morgan fingerprint density at radius 2 is 2.29 bits per heavy atom. The minimum Gasteiger partial charge on any atom is -0.464 e. The van der Waals surface area contributed by atoms with Crippen LogP contribution in [0.25, 0.3) is 11.0 Å². The van der Waals surface area contributed by atoms with E-state index in [2.05, 4.69) is 20.2 Å². The number of imidazole rings is 1. The Labute approximate surface area is 139 Å². The summed E-state index contributed by atoms with van der Waals surface area (Å²) in [6.07, 6.45) is 8.76. The SMILES string of the molecule is Cn1cnc(C(=O)NC2CCCN(c3nccc4occc34)C2)c1. The number of anilines is 1. The van der Waals surface area contributed by atoms with Gasteiger partial charge in [-0.3, -0.25) is 4.79 Å². The van der Waals surface area contributed by atoms with Gasteiger partial charge in [0.15, 0.2) is 0 Å². The molecule has 0 bridgehead atoms. The number of pyridine rings is 1. The van der Waals surface area contributed by atoms with E-state index >= 15 is 0 Å². The Balaban J connectivity index is 1.49. The number of amides is 1. The number of carbonyl (C=O) groups excluding carboxylic acids is 1. The van der Waals surface area contributed by atoms with Crippen molar-refractivity contribution in [2.75, 3.05) is 18.0 Å². The van der Waals surface area contributed by atoms with Crippen LogP contribution in [0.1, 0.15) is 23.3 Å². The van der Waals surface area contributed by atoms with Gasteiger partial charge in [0.05, 0.1) is 18.0 Å². The number of nitrogens with zero attached hydrogens (tertiary/aromatic N) is 4. The van der Waals surface area contributed by atoms with Crippen LogP contribution in [-0.2, 0) is 7.05 Å². The van der Waals surface area contributed by atoms with Crippen LogP contribution in [-0.4, -0.2) is 39.6 Å². The molecule has 7 heteroatoms. The Bertz CT molecular complexity index is 869. The molecule has 24 heavy (non-hydrogen) atoms. The van der Waals surface area contributed by atoms with E-state index in [1.54, 1.807) is 29.6 Å². The van der Waals surface area contributed by atoms with E-state index in [-0.39, 0.29) is 11.9 Å². The second-order valence-corrected chi connectivity index (χ2v) is 6.15. The highest BCUT2D eigenvalue weighted by molar-refractivity contribution is 5.92.